The summed E-state index contributed by atoms with van der Waals surface area (Å²) in [5.74, 6) is -0.327. The highest BCUT2D eigenvalue weighted by Crippen LogP contribution is 2.16. The van der Waals surface area contributed by atoms with E-state index in [9.17, 15) is 13.2 Å². The number of hydrogen-bond donors (Lipinski definition) is 3. The van der Waals surface area contributed by atoms with Crippen LogP contribution in [-0.4, -0.2) is 39.7 Å². The summed E-state index contributed by atoms with van der Waals surface area (Å²) in [5.41, 5.74) is 0.628. The predicted molar refractivity (Wildman–Crippen MR) is 85.0 cm³/mol. The van der Waals surface area contributed by atoms with E-state index in [1.807, 2.05) is 0 Å². The molecule has 0 aliphatic rings. The number of hydrogen-bond acceptors (Lipinski definition) is 4. The standard InChI is InChI=1S/C14H23N3O3S/c1-3-9-15-10-11-16-14(18)12-7-5-6-8-13(12)17-21(19,20)4-2/h5-8,15,17H,3-4,9-11H2,1-2H3,(H,16,18). The van der Waals surface area contributed by atoms with Gasteiger partial charge in [-0.1, -0.05) is 19.1 Å². The molecule has 0 saturated carbocycles. The molecule has 1 rings (SSSR count). The molecule has 0 heterocycles. The summed E-state index contributed by atoms with van der Waals surface area (Å²) < 4.78 is 25.7. The fourth-order valence-electron chi connectivity index (χ4n) is 1.67. The Hall–Kier alpha value is -1.60. The van der Waals surface area contributed by atoms with Crippen LogP contribution < -0.4 is 15.4 Å². The highest BCUT2D eigenvalue weighted by Gasteiger charge is 2.14. The molecule has 0 spiro atoms. The molecule has 21 heavy (non-hydrogen) atoms. The number of nitrogens with one attached hydrogen (secondary N) is 3. The first-order valence-electron chi connectivity index (χ1n) is 7.08. The third kappa shape index (κ3) is 6.14. The lowest BCUT2D eigenvalue weighted by Crippen LogP contribution is -2.32. The van der Waals surface area contributed by atoms with Gasteiger partial charge >= 0.3 is 0 Å². The number of sulfonamides is 1. The van der Waals surface area contributed by atoms with Gasteiger partial charge in [0.1, 0.15) is 0 Å². The van der Waals surface area contributed by atoms with Crippen LogP contribution in [0, 0.1) is 0 Å². The monoisotopic (exact) mass is 313 g/mol. The van der Waals surface area contributed by atoms with Crippen molar-refractivity contribution in [1.82, 2.24) is 10.6 Å². The van der Waals surface area contributed by atoms with E-state index in [0.29, 0.717) is 24.3 Å². The zero-order chi connectivity index (χ0) is 15.7. The summed E-state index contributed by atoms with van der Waals surface area (Å²) in [6.07, 6.45) is 1.04. The van der Waals surface area contributed by atoms with Crippen molar-refractivity contribution in [2.45, 2.75) is 20.3 Å². The first kappa shape index (κ1) is 17.5. The fourth-order valence-corrected chi connectivity index (χ4v) is 2.33. The zero-order valence-corrected chi connectivity index (χ0v) is 13.3. The highest BCUT2D eigenvalue weighted by atomic mass is 32.2. The number of benzene rings is 1. The first-order chi connectivity index (χ1) is 10.00. The molecule has 0 aliphatic heterocycles. The predicted octanol–water partition coefficient (Wildman–Crippen LogP) is 1.18. The van der Waals surface area contributed by atoms with Gasteiger partial charge in [-0.05, 0) is 32.0 Å². The number of carbonyl (C=O) groups is 1. The number of amides is 1. The first-order valence-corrected chi connectivity index (χ1v) is 8.73. The molecule has 0 unspecified atom stereocenters. The zero-order valence-electron chi connectivity index (χ0n) is 12.5. The van der Waals surface area contributed by atoms with Gasteiger partial charge in [0.15, 0.2) is 0 Å². The fraction of sp³-hybridized carbons (Fsp3) is 0.500. The van der Waals surface area contributed by atoms with E-state index in [-0.39, 0.29) is 11.7 Å². The Morgan fingerprint density at radius 1 is 1.10 bits per heavy atom. The van der Waals surface area contributed by atoms with Crippen molar-refractivity contribution in [2.24, 2.45) is 0 Å². The van der Waals surface area contributed by atoms with Crippen molar-refractivity contribution in [3.8, 4) is 0 Å². The average molecular weight is 313 g/mol. The maximum absolute atomic E-state index is 12.1. The molecule has 0 bridgehead atoms. The number of carbonyl (C=O) groups excluding carboxylic acids is 1. The molecule has 0 atom stereocenters. The van der Waals surface area contributed by atoms with E-state index in [1.165, 1.54) is 0 Å². The van der Waals surface area contributed by atoms with Crippen molar-refractivity contribution in [3.05, 3.63) is 29.8 Å². The Morgan fingerprint density at radius 2 is 1.81 bits per heavy atom. The van der Waals surface area contributed by atoms with Gasteiger partial charge in [-0.25, -0.2) is 8.42 Å². The summed E-state index contributed by atoms with van der Waals surface area (Å²) in [4.78, 5) is 12.1. The quantitative estimate of drug-likeness (QED) is 0.597. The minimum Gasteiger partial charge on any atom is -0.351 e. The Kier molecular flexibility index (Phi) is 7.18. The van der Waals surface area contributed by atoms with E-state index in [0.717, 1.165) is 13.0 Å². The van der Waals surface area contributed by atoms with Crippen molar-refractivity contribution in [2.75, 3.05) is 30.1 Å². The van der Waals surface area contributed by atoms with Crippen LogP contribution in [0.25, 0.3) is 0 Å². The lowest BCUT2D eigenvalue weighted by Gasteiger charge is -2.12. The third-order valence-electron chi connectivity index (χ3n) is 2.83. The van der Waals surface area contributed by atoms with Crippen molar-refractivity contribution in [1.29, 1.82) is 0 Å². The maximum Gasteiger partial charge on any atom is 0.253 e. The normalized spacial score (nSPS) is 11.1. The molecule has 1 amide bonds. The molecular weight excluding hydrogens is 290 g/mol. The minimum atomic E-state index is -3.40. The summed E-state index contributed by atoms with van der Waals surface area (Å²) in [5, 5.41) is 5.94. The van der Waals surface area contributed by atoms with Crippen LogP contribution in [0.4, 0.5) is 5.69 Å². The van der Waals surface area contributed by atoms with Gasteiger partial charge in [0.2, 0.25) is 10.0 Å². The maximum atomic E-state index is 12.1. The second-order valence-electron chi connectivity index (χ2n) is 4.56. The number of anilines is 1. The molecule has 1 aromatic rings. The Morgan fingerprint density at radius 3 is 2.48 bits per heavy atom. The molecule has 7 heteroatoms. The summed E-state index contributed by atoms with van der Waals surface area (Å²) in [6, 6.07) is 6.57. The van der Waals surface area contributed by atoms with Gasteiger partial charge in [0, 0.05) is 13.1 Å². The third-order valence-corrected chi connectivity index (χ3v) is 4.12. The Balaban J connectivity index is 2.67. The van der Waals surface area contributed by atoms with Crippen molar-refractivity contribution >= 4 is 21.6 Å². The van der Waals surface area contributed by atoms with Crippen LogP contribution in [0.2, 0.25) is 0 Å². The van der Waals surface area contributed by atoms with Crippen LogP contribution >= 0.6 is 0 Å². The van der Waals surface area contributed by atoms with Gasteiger partial charge in [-0.2, -0.15) is 0 Å². The van der Waals surface area contributed by atoms with Crippen molar-refractivity contribution < 1.29 is 13.2 Å². The largest absolute Gasteiger partial charge is 0.351 e. The number of rotatable bonds is 9. The molecule has 118 valence electrons. The van der Waals surface area contributed by atoms with E-state index < -0.39 is 10.0 Å². The molecule has 0 radical (unpaired) electrons. The molecule has 3 N–H and O–H groups in total. The van der Waals surface area contributed by atoms with Gasteiger partial charge in [0.25, 0.3) is 5.91 Å². The van der Waals surface area contributed by atoms with Gasteiger partial charge in [-0.15, -0.1) is 0 Å². The van der Waals surface area contributed by atoms with E-state index in [2.05, 4.69) is 22.3 Å². The Bertz CT molecular complexity index is 558. The molecule has 0 fully saturated rings. The van der Waals surface area contributed by atoms with Crippen LogP contribution in [0.5, 0.6) is 0 Å². The highest BCUT2D eigenvalue weighted by molar-refractivity contribution is 7.92. The SMILES string of the molecule is CCCNCCNC(=O)c1ccccc1NS(=O)(=O)CC. The van der Waals surface area contributed by atoms with E-state index >= 15 is 0 Å². The average Bonchev–Trinajstić information content (AvgIpc) is 2.47. The van der Waals surface area contributed by atoms with Crippen molar-refractivity contribution in [3.63, 3.8) is 0 Å². The van der Waals surface area contributed by atoms with E-state index in [4.69, 9.17) is 0 Å². The molecule has 0 aliphatic carbocycles. The Labute approximate surface area is 126 Å². The van der Waals surface area contributed by atoms with Gasteiger partial charge in [0.05, 0.1) is 17.0 Å². The van der Waals surface area contributed by atoms with Crippen LogP contribution in [-0.2, 0) is 10.0 Å². The van der Waals surface area contributed by atoms with E-state index in [1.54, 1.807) is 31.2 Å². The smallest absolute Gasteiger partial charge is 0.253 e. The van der Waals surface area contributed by atoms with Crippen LogP contribution in [0.15, 0.2) is 24.3 Å². The number of para-hydroxylation sites is 1. The van der Waals surface area contributed by atoms with Crippen LogP contribution in [0.3, 0.4) is 0 Å². The van der Waals surface area contributed by atoms with Crippen LogP contribution in [0.1, 0.15) is 30.6 Å². The summed E-state index contributed by atoms with van der Waals surface area (Å²) in [6.45, 7) is 5.70. The lowest BCUT2D eigenvalue weighted by molar-refractivity contribution is 0.0955. The topological polar surface area (TPSA) is 87.3 Å². The minimum absolute atomic E-state index is 0.0378. The molecule has 6 nitrogen and oxygen atoms in total. The second-order valence-corrected chi connectivity index (χ2v) is 6.57. The molecule has 1 aromatic carbocycles. The van der Waals surface area contributed by atoms with Gasteiger partial charge < -0.3 is 10.6 Å². The summed E-state index contributed by atoms with van der Waals surface area (Å²) in [7, 11) is -3.40. The lowest BCUT2D eigenvalue weighted by atomic mass is 10.1. The second kappa shape index (κ2) is 8.63. The molecule has 0 aromatic heterocycles. The molecule has 0 saturated heterocycles. The van der Waals surface area contributed by atoms with Gasteiger partial charge in [-0.3, -0.25) is 9.52 Å². The molecular formula is C14H23N3O3S. The summed E-state index contributed by atoms with van der Waals surface area (Å²) >= 11 is 0.